The van der Waals surface area contributed by atoms with Gasteiger partial charge in [0.1, 0.15) is 0 Å². The van der Waals surface area contributed by atoms with E-state index in [9.17, 15) is 4.79 Å². The summed E-state index contributed by atoms with van der Waals surface area (Å²) < 4.78 is 5.23. The molecule has 0 atom stereocenters. The Morgan fingerprint density at radius 3 is 3.25 bits per heavy atom. The Labute approximate surface area is 69.6 Å². The van der Waals surface area contributed by atoms with Crippen LogP contribution in [0.5, 0.6) is 5.75 Å². The molecule has 2 rings (SSSR count). The molecular weight excluding hydrogens is 156 g/mol. The zero-order valence-electron chi connectivity index (χ0n) is 6.63. The van der Waals surface area contributed by atoms with Crippen molar-refractivity contribution in [3.8, 4) is 5.75 Å². The molecule has 0 fully saturated rings. The number of rotatable bonds is 0. The molecule has 0 saturated heterocycles. The van der Waals surface area contributed by atoms with E-state index in [0.29, 0.717) is 11.4 Å². The number of nitrogens with one attached hydrogen (secondary N) is 1. The number of pyridine rings is 1. The fraction of sp³-hybridized carbons (Fsp3) is 0.250. The zero-order valence-corrected chi connectivity index (χ0v) is 6.63. The summed E-state index contributed by atoms with van der Waals surface area (Å²) in [5, 5.41) is 2.54. The monoisotopic (exact) mass is 164 g/mol. The molecule has 1 N–H and O–H groups in total. The quantitative estimate of drug-likeness (QED) is 0.606. The summed E-state index contributed by atoms with van der Waals surface area (Å²) in [7, 11) is 0. The molecule has 4 nitrogen and oxygen atoms in total. The van der Waals surface area contributed by atoms with E-state index < -0.39 is 0 Å². The van der Waals surface area contributed by atoms with Crippen molar-refractivity contribution < 1.29 is 9.53 Å². The van der Waals surface area contributed by atoms with Gasteiger partial charge < -0.3 is 10.1 Å². The fourth-order valence-electron chi connectivity index (χ4n) is 1.15. The van der Waals surface area contributed by atoms with Gasteiger partial charge in [0.25, 0.3) is 5.91 Å². The number of aromatic nitrogens is 1. The van der Waals surface area contributed by atoms with Gasteiger partial charge in [0, 0.05) is 6.20 Å². The Balaban J connectivity index is 2.59. The maximum atomic E-state index is 11.2. The van der Waals surface area contributed by atoms with Crippen LogP contribution in [-0.2, 0) is 0 Å². The minimum Gasteiger partial charge on any atom is -0.470 e. The molecule has 0 aromatic carbocycles. The predicted octanol–water partition coefficient (Wildman–Crippen LogP) is 0.470. The molecule has 1 aromatic heterocycles. The molecule has 1 amide bonds. The Morgan fingerprint density at radius 2 is 2.50 bits per heavy atom. The topological polar surface area (TPSA) is 51.2 Å². The zero-order chi connectivity index (χ0) is 8.55. The molecule has 1 aliphatic rings. The standard InChI is InChI=1S/C8H8N2O2/c1-5-2-3-9-6-7(5)12-4-10-8(6)11/h2-3H,4H2,1H3,(H,10,11). The highest BCUT2D eigenvalue weighted by Crippen LogP contribution is 2.22. The number of nitrogens with zero attached hydrogens (tertiary/aromatic N) is 1. The summed E-state index contributed by atoms with van der Waals surface area (Å²) in [6, 6.07) is 1.82. The van der Waals surface area contributed by atoms with Crippen molar-refractivity contribution in [2.24, 2.45) is 0 Å². The number of ether oxygens (including phenoxy) is 1. The molecule has 0 saturated carbocycles. The molecular formula is C8H8N2O2. The maximum Gasteiger partial charge on any atom is 0.276 e. The number of carbonyl (C=O) groups excluding carboxylic acids is 1. The van der Waals surface area contributed by atoms with Gasteiger partial charge in [-0.3, -0.25) is 4.79 Å². The Hall–Kier alpha value is -1.58. The lowest BCUT2D eigenvalue weighted by Crippen LogP contribution is -2.34. The minimum atomic E-state index is -0.167. The molecule has 0 bridgehead atoms. The van der Waals surface area contributed by atoms with E-state index in [4.69, 9.17) is 4.74 Å². The summed E-state index contributed by atoms with van der Waals surface area (Å²) in [4.78, 5) is 15.1. The van der Waals surface area contributed by atoms with Gasteiger partial charge in [-0.15, -0.1) is 0 Å². The van der Waals surface area contributed by atoms with Crippen molar-refractivity contribution in [3.63, 3.8) is 0 Å². The summed E-state index contributed by atoms with van der Waals surface area (Å²) in [6.07, 6.45) is 1.60. The lowest BCUT2D eigenvalue weighted by Gasteiger charge is -2.17. The molecule has 0 aliphatic carbocycles. The third-order valence-electron chi connectivity index (χ3n) is 1.77. The summed E-state index contributed by atoms with van der Waals surface area (Å²) in [6.45, 7) is 2.12. The molecule has 0 spiro atoms. The molecule has 2 heterocycles. The molecule has 4 heteroatoms. The van der Waals surface area contributed by atoms with Crippen LogP contribution in [0.3, 0.4) is 0 Å². The van der Waals surface area contributed by atoms with Gasteiger partial charge in [-0.2, -0.15) is 0 Å². The van der Waals surface area contributed by atoms with Crippen LogP contribution in [0.25, 0.3) is 0 Å². The van der Waals surface area contributed by atoms with Gasteiger partial charge in [-0.25, -0.2) is 4.98 Å². The highest BCUT2D eigenvalue weighted by atomic mass is 16.5. The van der Waals surface area contributed by atoms with Crippen LogP contribution < -0.4 is 10.1 Å². The normalized spacial score (nSPS) is 14.6. The van der Waals surface area contributed by atoms with Gasteiger partial charge >= 0.3 is 0 Å². The Morgan fingerprint density at radius 1 is 1.67 bits per heavy atom. The fourth-order valence-corrected chi connectivity index (χ4v) is 1.15. The average Bonchev–Trinajstić information content (AvgIpc) is 2.07. The van der Waals surface area contributed by atoms with Crippen molar-refractivity contribution in [2.45, 2.75) is 6.92 Å². The van der Waals surface area contributed by atoms with E-state index in [0.717, 1.165) is 5.56 Å². The second kappa shape index (κ2) is 2.48. The molecule has 1 aliphatic heterocycles. The molecule has 0 radical (unpaired) electrons. The predicted molar refractivity (Wildman–Crippen MR) is 41.9 cm³/mol. The van der Waals surface area contributed by atoms with Crippen molar-refractivity contribution in [3.05, 3.63) is 23.5 Å². The van der Waals surface area contributed by atoms with Gasteiger partial charge in [0.15, 0.2) is 18.2 Å². The van der Waals surface area contributed by atoms with Crippen LogP contribution in [0.4, 0.5) is 0 Å². The summed E-state index contributed by atoms with van der Waals surface area (Å²) in [5.41, 5.74) is 1.32. The minimum absolute atomic E-state index is 0.167. The van der Waals surface area contributed by atoms with Gasteiger partial charge in [0.05, 0.1) is 0 Å². The highest BCUT2D eigenvalue weighted by molar-refractivity contribution is 5.96. The average molecular weight is 164 g/mol. The van der Waals surface area contributed by atoms with Crippen molar-refractivity contribution >= 4 is 5.91 Å². The van der Waals surface area contributed by atoms with E-state index in [1.807, 2.05) is 13.0 Å². The molecule has 62 valence electrons. The molecule has 12 heavy (non-hydrogen) atoms. The van der Waals surface area contributed by atoms with Crippen LogP contribution in [0.1, 0.15) is 16.1 Å². The van der Waals surface area contributed by atoms with Crippen LogP contribution >= 0.6 is 0 Å². The lowest BCUT2D eigenvalue weighted by molar-refractivity contribution is 0.0875. The third-order valence-corrected chi connectivity index (χ3v) is 1.77. The molecule has 1 aromatic rings. The number of hydrogen-bond acceptors (Lipinski definition) is 3. The highest BCUT2D eigenvalue weighted by Gasteiger charge is 2.20. The SMILES string of the molecule is Cc1ccnc2c1OCNC2=O. The third kappa shape index (κ3) is 0.922. The first-order valence-electron chi connectivity index (χ1n) is 3.65. The number of aryl methyl sites for hydroxylation is 1. The van der Waals surface area contributed by atoms with E-state index in [1.54, 1.807) is 6.20 Å². The van der Waals surface area contributed by atoms with E-state index in [1.165, 1.54) is 0 Å². The van der Waals surface area contributed by atoms with E-state index >= 15 is 0 Å². The summed E-state index contributed by atoms with van der Waals surface area (Å²) >= 11 is 0. The van der Waals surface area contributed by atoms with Crippen molar-refractivity contribution in [1.29, 1.82) is 0 Å². The van der Waals surface area contributed by atoms with Crippen LogP contribution in [0.2, 0.25) is 0 Å². The Kier molecular flexibility index (Phi) is 1.46. The van der Waals surface area contributed by atoms with E-state index in [2.05, 4.69) is 10.3 Å². The Bertz CT molecular complexity index is 336. The van der Waals surface area contributed by atoms with Crippen LogP contribution in [0.15, 0.2) is 12.3 Å². The van der Waals surface area contributed by atoms with Gasteiger partial charge in [-0.1, -0.05) is 0 Å². The smallest absolute Gasteiger partial charge is 0.276 e. The van der Waals surface area contributed by atoms with Crippen LogP contribution in [-0.4, -0.2) is 17.6 Å². The number of hydrogen-bond donors (Lipinski definition) is 1. The van der Waals surface area contributed by atoms with Gasteiger partial charge in [-0.05, 0) is 18.6 Å². The van der Waals surface area contributed by atoms with Crippen molar-refractivity contribution in [2.75, 3.05) is 6.73 Å². The largest absolute Gasteiger partial charge is 0.470 e. The van der Waals surface area contributed by atoms with Crippen LogP contribution in [0, 0.1) is 6.92 Å². The number of fused-ring (bicyclic) bond motifs is 1. The first-order valence-corrected chi connectivity index (χ1v) is 3.65. The van der Waals surface area contributed by atoms with Crippen molar-refractivity contribution in [1.82, 2.24) is 10.3 Å². The second-order valence-electron chi connectivity index (χ2n) is 2.60. The summed E-state index contributed by atoms with van der Waals surface area (Å²) in [5.74, 6) is 0.432. The maximum absolute atomic E-state index is 11.2. The first-order chi connectivity index (χ1) is 5.79. The van der Waals surface area contributed by atoms with Gasteiger partial charge in [0.2, 0.25) is 0 Å². The second-order valence-corrected chi connectivity index (χ2v) is 2.60. The molecule has 0 unspecified atom stereocenters. The van der Waals surface area contributed by atoms with E-state index in [-0.39, 0.29) is 12.6 Å². The number of carbonyl (C=O) groups is 1. The lowest BCUT2D eigenvalue weighted by atomic mass is 10.2. The first kappa shape index (κ1) is 7.09. The number of amides is 1.